The van der Waals surface area contributed by atoms with E-state index in [1.54, 1.807) is 4.68 Å². The normalized spacial score (nSPS) is 10.7. The molecule has 3 aromatic rings. The number of carbonyl (C=O) groups excluding carboxylic acids is 1. The molecule has 0 aliphatic heterocycles. The predicted octanol–water partition coefficient (Wildman–Crippen LogP) is 3.15. The van der Waals surface area contributed by atoms with Crippen LogP contribution in [0.1, 0.15) is 22.7 Å². The summed E-state index contributed by atoms with van der Waals surface area (Å²) < 4.78 is 6.87. The number of aryl methyl sites for hydroxylation is 3. The van der Waals surface area contributed by atoms with Gasteiger partial charge in [0.15, 0.2) is 0 Å². The van der Waals surface area contributed by atoms with Crippen LogP contribution in [0.4, 0.5) is 10.5 Å². The summed E-state index contributed by atoms with van der Waals surface area (Å²) in [6.07, 6.45) is 2.54. The van der Waals surface area contributed by atoms with Gasteiger partial charge in [0.05, 0.1) is 22.8 Å². The Kier molecular flexibility index (Phi) is 4.83. The smallest absolute Gasteiger partial charge is 0.319 e. The summed E-state index contributed by atoms with van der Waals surface area (Å²) in [5.74, 6) is 0.791. The molecule has 0 fully saturated rings. The Morgan fingerprint density at radius 2 is 2.00 bits per heavy atom. The Morgan fingerprint density at radius 1 is 1.20 bits per heavy atom. The van der Waals surface area contributed by atoms with Crippen molar-refractivity contribution >= 4 is 11.7 Å². The predicted molar refractivity (Wildman–Crippen MR) is 95.0 cm³/mol. The molecule has 0 saturated carbocycles. The van der Waals surface area contributed by atoms with E-state index in [1.165, 1.54) is 0 Å². The first-order valence-electron chi connectivity index (χ1n) is 8.13. The maximum atomic E-state index is 12.2. The molecule has 0 unspecified atom stereocenters. The minimum absolute atomic E-state index is 0.261. The number of para-hydroxylation sites is 2. The summed E-state index contributed by atoms with van der Waals surface area (Å²) in [7, 11) is 0. The highest BCUT2D eigenvalue weighted by Crippen LogP contribution is 2.19. The molecule has 130 valence electrons. The van der Waals surface area contributed by atoms with Gasteiger partial charge in [0.1, 0.15) is 5.76 Å². The lowest BCUT2D eigenvalue weighted by molar-refractivity contribution is 0.252. The number of urea groups is 1. The van der Waals surface area contributed by atoms with E-state index in [2.05, 4.69) is 20.9 Å². The van der Waals surface area contributed by atoms with Gasteiger partial charge in [0, 0.05) is 18.3 Å². The summed E-state index contributed by atoms with van der Waals surface area (Å²) in [4.78, 5) is 12.2. The fourth-order valence-electron chi connectivity index (χ4n) is 2.65. The number of hydrogen-bond donors (Lipinski definition) is 2. The molecule has 7 nitrogen and oxygen atoms in total. The number of amides is 2. The van der Waals surface area contributed by atoms with Gasteiger partial charge in [-0.1, -0.05) is 17.3 Å². The third-order valence-electron chi connectivity index (χ3n) is 3.96. The second kappa shape index (κ2) is 7.21. The van der Waals surface area contributed by atoms with E-state index in [0.29, 0.717) is 18.7 Å². The van der Waals surface area contributed by atoms with Crippen molar-refractivity contribution < 1.29 is 9.32 Å². The molecule has 2 heterocycles. The average molecular weight is 339 g/mol. The molecule has 0 spiro atoms. The molecular weight excluding hydrogens is 318 g/mol. The average Bonchev–Trinajstić information content (AvgIpc) is 3.15. The molecule has 1 aromatic carbocycles. The van der Waals surface area contributed by atoms with E-state index in [4.69, 9.17) is 4.52 Å². The van der Waals surface area contributed by atoms with Gasteiger partial charge in [0.25, 0.3) is 0 Å². The van der Waals surface area contributed by atoms with Gasteiger partial charge in [-0.15, -0.1) is 0 Å². The van der Waals surface area contributed by atoms with Gasteiger partial charge < -0.3 is 15.2 Å². The quantitative estimate of drug-likeness (QED) is 0.748. The van der Waals surface area contributed by atoms with Crippen LogP contribution >= 0.6 is 0 Å². The zero-order valence-electron chi connectivity index (χ0n) is 14.5. The molecule has 0 radical (unpaired) electrons. The van der Waals surface area contributed by atoms with E-state index >= 15 is 0 Å². The van der Waals surface area contributed by atoms with E-state index in [9.17, 15) is 4.79 Å². The van der Waals surface area contributed by atoms with E-state index in [1.807, 2.05) is 57.3 Å². The highest BCUT2D eigenvalue weighted by atomic mass is 16.5. The van der Waals surface area contributed by atoms with Gasteiger partial charge in [-0.05, 0) is 45.4 Å². The summed E-state index contributed by atoms with van der Waals surface area (Å²) in [5.41, 5.74) is 4.32. The highest BCUT2D eigenvalue weighted by molar-refractivity contribution is 5.91. The standard InChI is InChI=1S/C18H21N5O2/c1-12-9-11-23(21-12)17-7-5-4-6-16(17)20-18(24)19-10-8-15-13(2)22-25-14(15)3/h4-7,9,11H,8,10H2,1-3H3,(H2,19,20,24). The fraction of sp³-hybridized carbons (Fsp3) is 0.278. The number of nitrogens with one attached hydrogen (secondary N) is 2. The number of benzene rings is 1. The fourth-order valence-corrected chi connectivity index (χ4v) is 2.65. The van der Waals surface area contributed by atoms with Gasteiger partial charge in [0.2, 0.25) is 0 Å². The first kappa shape index (κ1) is 16.8. The molecule has 2 N–H and O–H groups in total. The number of nitrogens with zero attached hydrogens (tertiary/aromatic N) is 3. The van der Waals surface area contributed by atoms with Crippen LogP contribution in [0.2, 0.25) is 0 Å². The van der Waals surface area contributed by atoms with Crippen LogP contribution in [0.25, 0.3) is 5.69 Å². The number of hydrogen-bond acceptors (Lipinski definition) is 4. The molecule has 25 heavy (non-hydrogen) atoms. The molecular formula is C18H21N5O2. The lowest BCUT2D eigenvalue weighted by Crippen LogP contribution is -2.31. The number of carbonyl (C=O) groups is 1. The molecule has 0 atom stereocenters. The van der Waals surface area contributed by atoms with Crippen molar-refractivity contribution in [3.8, 4) is 5.69 Å². The monoisotopic (exact) mass is 339 g/mol. The topological polar surface area (TPSA) is 85.0 Å². The second-order valence-corrected chi connectivity index (χ2v) is 5.85. The summed E-state index contributed by atoms with van der Waals surface area (Å²) in [6, 6.07) is 9.20. The number of rotatable bonds is 5. The summed E-state index contributed by atoms with van der Waals surface area (Å²) in [6.45, 7) is 6.19. The zero-order valence-corrected chi connectivity index (χ0v) is 14.5. The third kappa shape index (κ3) is 3.88. The molecule has 0 saturated heterocycles. The highest BCUT2D eigenvalue weighted by Gasteiger charge is 2.11. The van der Waals surface area contributed by atoms with Crippen LogP contribution in [0, 0.1) is 20.8 Å². The second-order valence-electron chi connectivity index (χ2n) is 5.85. The van der Waals surface area contributed by atoms with Gasteiger partial charge in [-0.2, -0.15) is 5.10 Å². The van der Waals surface area contributed by atoms with E-state index in [-0.39, 0.29) is 6.03 Å². The van der Waals surface area contributed by atoms with Crippen LogP contribution in [-0.2, 0) is 6.42 Å². The Hall–Kier alpha value is -3.09. The number of aromatic nitrogens is 3. The van der Waals surface area contributed by atoms with Crippen molar-refractivity contribution in [1.82, 2.24) is 20.3 Å². The third-order valence-corrected chi connectivity index (χ3v) is 3.96. The Labute approximate surface area is 146 Å². The molecule has 0 bridgehead atoms. The van der Waals surface area contributed by atoms with Crippen molar-refractivity contribution in [3.63, 3.8) is 0 Å². The lowest BCUT2D eigenvalue weighted by Gasteiger charge is -2.12. The molecule has 3 rings (SSSR count). The van der Waals surface area contributed by atoms with Gasteiger partial charge in [-0.25, -0.2) is 9.48 Å². The molecule has 0 aliphatic rings. The number of anilines is 1. The Balaban J connectivity index is 1.62. The zero-order chi connectivity index (χ0) is 17.8. The molecule has 7 heteroatoms. The van der Waals surface area contributed by atoms with Crippen molar-refractivity contribution in [3.05, 3.63) is 59.2 Å². The van der Waals surface area contributed by atoms with Crippen LogP contribution in [0.3, 0.4) is 0 Å². The van der Waals surface area contributed by atoms with Crippen LogP contribution in [0.5, 0.6) is 0 Å². The molecule has 2 amide bonds. The van der Waals surface area contributed by atoms with Crippen LogP contribution in [0.15, 0.2) is 41.1 Å². The van der Waals surface area contributed by atoms with E-state index < -0.39 is 0 Å². The minimum Gasteiger partial charge on any atom is -0.361 e. The SMILES string of the molecule is Cc1ccn(-c2ccccc2NC(=O)NCCc2c(C)noc2C)n1. The summed E-state index contributed by atoms with van der Waals surface area (Å²) >= 11 is 0. The maximum Gasteiger partial charge on any atom is 0.319 e. The maximum absolute atomic E-state index is 12.2. The Morgan fingerprint density at radius 3 is 2.68 bits per heavy atom. The minimum atomic E-state index is -0.261. The molecule has 0 aliphatic carbocycles. The van der Waals surface area contributed by atoms with Crippen molar-refractivity contribution in [1.29, 1.82) is 0 Å². The van der Waals surface area contributed by atoms with Gasteiger partial charge in [-0.3, -0.25) is 0 Å². The summed E-state index contributed by atoms with van der Waals surface area (Å²) in [5, 5.41) is 14.0. The largest absolute Gasteiger partial charge is 0.361 e. The van der Waals surface area contributed by atoms with Crippen molar-refractivity contribution in [2.75, 3.05) is 11.9 Å². The first-order chi connectivity index (χ1) is 12.0. The van der Waals surface area contributed by atoms with Crippen LogP contribution in [-0.4, -0.2) is 27.5 Å². The Bertz CT molecular complexity index is 862. The van der Waals surface area contributed by atoms with Gasteiger partial charge >= 0.3 is 6.03 Å². The molecule has 2 aromatic heterocycles. The van der Waals surface area contributed by atoms with Crippen LogP contribution < -0.4 is 10.6 Å². The first-order valence-corrected chi connectivity index (χ1v) is 8.13. The van der Waals surface area contributed by atoms with E-state index in [0.717, 1.165) is 28.4 Å². The van der Waals surface area contributed by atoms with Crippen molar-refractivity contribution in [2.45, 2.75) is 27.2 Å². The van der Waals surface area contributed by atoms with Crippen molar-refractivity contribution in [2.24, 2.45) is 0 Å². The lowest BCUT2D eigenvalue weighted by atomic mass is 10.1.